The van der Waals surface area contributed by atoms with Gasteiger partial charge in [-0.2, -0.15) is 0 Å². The van der Waals surface area contributed by atoms with Gasteiger partial charge in [0.15, 0.2) is 0 Å². The van der Waals surface area contributed by atoms with E-state index in [4.69, 9.17) is 0 Å². The highest BCUT2D eigenvalue weighted by Gasteiger charge is 2.36. The van der Waals surface area contributed by atoms with Gasteiger partial charge in [0, 0.05) is 25.0 Å². The van der Waals surface area contributed by atoms with Gasteiger partial charge in [-0.15, -0.1) is 0 Å². The average molecular weight is 314 g/mol. The SMILES string of the molecule is BrCC1(CN(CC2CC2)CC2CC2)CCCCC1. The highest BCUT2D eigenvalue weighted by atomic mass is 79.9. The second kappa shape index (κ2) is 5.83. The Labute approximate surface area is 121 Å². The van der Waals surface area contributed by atoms with E-state index in [0.717, 1.165) is 11.8 Å². The Bertz CT molecular complexity index is 250. The van der Waals surface area contributed by atoms with Crippen LogP contribution in [-0.2, 0) is 0 Å². The van der Waals surface area contributed by atoms with Gasteiger partial charge in [0.1, 0.15) is 0 Å². The fourth-order valence-corrected chi connectivity index (χ4v) is 4.38. The van der Waals surface area contributed by atoms with Crippen molar-refractivity contribution in [1.29, 1.82) is 0 Å². The first-order valence-corrected chi connectivity index (χ1v) is 9.20. The van der Waals surface area contributed by atoms with Crippen LogP contribution in [0.25, 0.3) is 0 Å². The molecule has 3 saturated carbocycles. The number of nitrogens with zero attached hydrogens (tertiary/aromatic N) is 1. The van der Waals surface area contributed by atoms with Crippen molar-refractivity contribution in [2.24, 2.45) is 17.3 Å². The van der Waals surface area contributed by atoms with Crippen molar-refractivity contribution in [3.63, 3.8) is 0 Å². The highest BCUT2D eigenvalue weighted by molar-refractivity contribution is 9.09. The Kier molecular flexibility index (Phi) is 4.35. The molecule has 0 aromatic carbocycles. The van der Waals surface area contributed by atoms with Crippen LogP contribution in [0.15, 0.2) is 0 Å². The topological polar surface area (TPSA) is 3.24 Å². The molecule has 0 radical (unpaired) electrons. The maximum atomic E-state index is 3.83. The summed E-state index contributed by atoms with van der Waals surface area (Å²) < 4.78 is 0. The molecule has 0 spiro atoms. The van der Waals surface area contributed by atoms with Gasteiger partial charge >= 0.3 is 0 Å². The van der Waals surface area contributed by atoms with Gasteiger partial charge in [0.05, 0.1) is 0 Å². The molecule has 0 atom stereocenters. The van der Waals surface area contributed by atoms with Crippen LogP contribution in [0.2, 0.25) is 0 Å². The molecule has 18 heavy (non-hydrogen) atoms. The van der Waals surface area contributed by atoms with Crippen molar-refractivity contribution < 1.29 is 0 Å². The van der Waals surface area contributed by atoms with Crippen molar-refractivity contribution in [3.05, 3.63) is 0 Å². The quantitative estimate of drug-likeness (QED) is 0.627. The summed E-state index contributed by atoms with van der Waals surface area (Å²) in [7, 11) is 0. The number of hydrogen-bond acceptors (Lipinski definition) is 1. The summed E-state index contributed by atoms with van der Waals surface area (Å²) in [6, 6.07) is 0. The summed E-state index contributed by atoms with van der Waals surface area (Å²) >= 11 is 3.83. The molecule has 3 aliphatic rings. The first kappa shape index (κ1) is 13.4. The van der Waals surface area contributed by atoms with Crippen LogP contribution in [0, 0.1) is 17.3 Å². The summed E-state index contributed by atoms with van der Waals surface area (Å²) in [5.41, 5.74) is 0.613. The number of rotatable bonds is 7. The Morgan fingerprint density at radius 1 is 0.889 bits per heavy atom. The van der Waals surface area contributed by atoms with E-state index >= 15 is 0 Å². The lowest BCUT2D eigenvalue weighted by atomic mass is 9.75. The smallest absolute Gasteiger partial charge is 0.0100 e. The lowest BCUT2D eigenvalue weighted by Gasteiger charge is -2.40. The summed E-state index contributed by atoms with van der Waals surface area (Å²) in [4.78, 5) is 2.85. The third kappa shape index (κ3) is 3.72. The van der Waals surface area contributed by atoms with Gasteiger partial charge in [0.25, 0.3) is 0 Å². The van der Waals surface area contributed by atoms with Crippen LogP contribution in [0.3, 0.4) is 0 Å². The average Bonchev–Trinajstić information content (AvgIpc) is 3.27. The monoisotopic (exact) mass is 313 g/mol. The minimum Gasteiger partial charge on any atom is -0.302 e. The molecule has 0 saturated heterocycles. The standard InChI is InChI=1S/C16H28BrN/c17-12-16(8-2-1-3-9-16)13-18(10-14-4-5-14)11-15-6-7-15/h14-15H,1-13H2. The molecule has 0 aromatic rings. The zero-order valence-electron chi connectivity index (χ0n) is 11.7. The summed E-state index contributed by atoms with van der Waals surface area (Å²) in [6.07, 6.45) is 13.3. The zero-order chi connectivity index (χ0) is 12.4. The Morgan fingerprint density at radius 3 is 1.89 bits per heavy atom. The number of hydrogen-bond donors (Lipinski definition) is 0. The molecular formula is C16H28BrN. The number of halogens is 1. The van der Waals surface area contributed by atoms with Crippen LogP contribution in [-0.4, -0.2) is 29.9 Å². The van der Waals surface area contributed by atoms with E-state index in [-0.39, 0.29) is 0 Å². The molecule has 3 rings (SSSR count). The van der Waals surface area contributed by atoms with Crippen LogP contribution in [0.5, 0.6) is 0 Å². The fourth-order valence-electron chi connectivity index (χ4n) is 3.64. The van der Waals surface area contributed by atoms with Gasteiger partial charge < -0.3 is 4.90 Å². The fraction of sp³-hybridized carbons (Fsp3) is 1.00. The summed E-state index contributed by atoms with van der Waals surface area (Å²) in [5, 5.41) is 1.23. The molecular weight excluding hydrogens is 286 g/mol. The lowest BCUT2D eigenvalue weighted by Crippen LogP contribution is -2.42. The second-order valence-corrected chi connectivity index (χ2v) is 7.84. The van der Waals surface area contributed by atoms with Gasteiger partial charge in [-0.1, -0.05) is 35.2 Å². The van der Waals surface area contributed by atoms with Crippen molar-refractivity contribution in [2.75, 3.05) is 25.0 Å². The van der Waals surface area contributed by atoms with Gasteiger partial charge in [0.2, 0.25) is 0 Å². The maximum Gasteiger partial charge on any atom is 0.0100 e. The summed E-state index contributed by atoms with van der Waals surface area (Å²) in [5.74, 6) is 2.11. The lowest BCUT2D eigenvalue weighted by molar-refractivity contribution is 0.119. The normalized spacial score (nSPS) is 27.7. The molecule has 3 aliphatic carbocycles. The largest absolute Gasteiger partial charge is 0.302 e. The molecule has 0 aliphatic heterocycles. The maximum absolute atomic E-state index is 3.83. The Hall–Kier alpha value is 0.440. The highest BCUT2D eigenvalue weighted by Crippen LogP contribution is 2.41. The first-order chi connectivity index (χ1) is 8.80. The second-order valence-electron chi connectivity index (χ2n) is 7.28. The molecule has 104 valence electrons. The van der Waals surface area contributed by atoms with Crippen molar-refractivity contribution in [2.45, 2.75) is 57.8 Å². The van der Waals surface area contributed by atoms with E-state index in [1.807, 2.05) is 0 Å². The van der Waals surface area contributed by atoms with Gasteiger partial charge in [-0.05, 0) is 55.8 Å². The first-order valence-electron chi connectivity index (χ1n) is 8.08. The minimum atomic E-state index is 0.613. The van der Waals surface area contributed by atoms with Crippen LogP contribution < -0.4 is 0 Å². The van der Waals surface area contributed by atoms with E-state index in [0.29, 0.717) is 5.41 Å². The van der Waals surface area contributed by atoms with Gasteiger partial charge in [-0.3, -0.25) is 0 Å². The molecule has 0 bridgehead atoms. The van der Waals surface area contributed by atoms with Gasteiger partial charge in [-0.25, -0.2) is 0 Å². The molecule has 0 N–H and O–H groups in total. The van der Waals surface area contributed by atoms with Crippen LogP contribution in [0.4, 0.5) is 0 Å². The molecule has 1 nitrogen and oxygen atoms in total. The zero-order valence-corrected chi connectivity index (χ0v) is 13.3. The molecule has 0 heterocycles. The van der Waals surface area contributed by atoms with E-state index in [1.54, 1.807) is 0 Å². The Morgan fingerprint density at radius 2 is 1.44 bits per heavy atom. The van der Waals surface area contributed by atoms with E-state index in [2.05, 4.69) is 20.8 Å². The number of alkyl halides is 1. The minimum absolute atomic E-state index is 0.613. The summed E-state index contributed by atoms with van der Waals surface area (Å²) in [6.45, 7) is 4.20. The predicted octanol–water partition coefficient (Wildman–Crippen LogP) is 4.45. The molecule has 0 aromatic heterocycles. The van der Waals surface area contributed by atoms with Crippen molar-refractivity contribution >= 4 is 15.9 Å². The van der Waals surface area contributed by atoms with Crippen molar-refractivity contribution in [3.8, 4) is 0 Å². The molecule has 0 amide bonds. The van der Waals surface area contributed by atoms with Crippen LogP contribution >= 0.6 is 15.9 Å². The van der Waals surface area contributed by atoms with E-state index in [1.165, 1.54) is 82.8 Å². The molecule has 0 unspecified atom stereocenters. The molecule has 2 heteroatoms. The predicted molar refractivity (Wildman–Crippen MR) is 81.2 cm³/mol. The third-order valence-electron chi connectivity index (χ3n) is 5.18. The Balaban J connectivity index is 1.57. The third-order valence-corrected chi connectivity index (χ3v) is 6.37. The van der Waals surface area contributed by atoms with Crippen LogP contribution in [0.1, 0.15) is 57.8 Å². The van der Waals surface area contributed by atoms with E-state index in [9.17, 15) is 0 Å². The van der Waals surface area contributed by atoms with E-state index < -0.39 is 0 Å². The van der Waals surface area contributed by atoms with Crippen molar-refractivity contribution in [1.82, 2.24) is 4.90 Å². The molecule has 3 fully saturated rings.